The molecule has 0 saturated heterocycles. The van der Waals surface area contributed by atoms with Crippen LogP contribution < -0.4 is 5.73 Å². The quantitative estimate of drug-likeness (QED) is 0.161. The zero-order valence-corrected chi connectivity index (χ0v) is 13.1. The molecule has 5 atom stereocenters. The van der Waals surface area contributed by atoms with E-state index in [2.05, 4.69) is 0 Å². The molecule has 132 valence electrons. The molecule has 0 fully saturated rings. The topological polar surface area (TPSA) is 182 Å². The Balaban J connectivity index is 0. The van der Waals surface area contributed by atoms with Gasteiger partial charge in [-0.1, -0.05) is 6.92 Å². The fourth-order valence-electron chi connectivity index (χ4n) is 1.10. The van der Waals surface area contributed by atoms with Gasteiger partial charge in [0.2, 0.25) is 0 Å². The summed E-state index contributed by atoms with van der Waals surface area (Å²) in [6, 6.07) is -0.681. The second kappa shape index (κ2) is 13.9. The van der Waals surface area contributed by atoms with Gasteiger partial charge in [0.05, 0.1) is 6.61 Å². The van der Waals surface area contributed by atoms with E-state index in [0.717, 1.165) is 11.5 Å². The summed E-state index contributed by atoms with van der Waals surface area (Å²) in [6.45, 7) is 1.28. The number of aliphatic hydroxyl groups excluding tert-OH is 5. The van der Waals surface area contributed by atoms with Gasteiger partial charge in [-0.3, -0.25) is 4.79 Å². The highest BCUT2D eigenvalue weighted by molar-refractivity contribution is 7.99. The highest BCUT2D eigenvalue weighted by Gasteiger charge is 2.29. The fourth-order valence-corrected chi connectivity index (χ4v) is 1.81. The summed E-state index contributed by atoms with van der Waals surface area (Å²) >= 11 is 1.71. The number of aldehydes is 1. The van der Waals surface area contributed by atoms with Crippen LogP contribution >= 0.6 is 11.8 Å². The first-order valence-corrected chi connectivity index (χ1v) is 7.72. The molecule has 0 aromatic heterocycles. The standard InChI is InChI=1S/C6H13NO2S.C6H12O6/c1-2-10-4-3-5(7)6(8)9;7-1-3(9)5(11)6(12)4(10)2-8/h5H,2-4,7H2,1H3,(H,8,9);1,3-6,8-12H,2H2. The number of thioether (sulfide) groups is 1. The van der Waals surface area contributed by atoms with Gasteiger partial charge in [-0.2, -0.15) is 11.8 Å². The number of carboxylic acid groups (broad SMARTS) is 1. The summed E-state index contributed by atoms with van der Waals surface area (Å²) in [7, 11) is 0. The molecule has 5 unspecified atom stereocenters. The van der Waals surface area contributed by atoms with Gasteiger partial charge in [0.25, 0.3) is 0 Å². The Kier molecular flexibility index (Phi) is 14.8. The van der Waals surface area contributed by atoms with Crippen molar-refractivity contribution in [3.63, 3.8) is 0 Å². The van der Waals surface area contributed by atoms with Crippen molar-refractivity contribution in [1.82, 2.24) is 0 Å². The molecular weight excluding hydrogens is 318 g/mol. The van der Waals surface area contributed by atoms with E-state index in [1.807, 2.05) is 6.92 Å². The van der Waals surface area contributed by atoms with E-state index >= 15 is 0 Å². The maximum absolute atomic E-state index is 10.2. The van der Waals surface area contributed by atoms with E-state index in [1.54, 1.807) is 11.8 Å². The number of hydrogen-bond donors (Lipinski definition) is 7. The van der Waals surface area contributed by atoms with Crippen LogP contribution in [0.2, 0.25) is 0 Å². The molecule has 0 aliphatic heterocycles. The lowest BCUT2D eigenvalue weighted by atomic mass is 10.0. The predicted molar refractivity (Wildman–Crippen MR) is 80.4 cm³/mol. The maximum atomic E-state index is 10.2. The monoisotopic (exact) mass is 343 g/mol. The van der Waals surface area contributed by atoms with Crippen molar-refractivity contribution in [3.8, 4) is 0 Å². The first-order chi connectivity index (χ1) is 10.2. The number of carbonyl (C=O) groups excluding carboxylic acids is 1. The normalized spacial score (nSPS) is 17.4. The van der Waals surface area contributed by atoms with Crippen molar-refractivity contribution in [2.75, 3.05) is 18.1 Å². The third-order valence-corrected chi connectivity index (χ3v) is 3.45. The lowest BCUT2D eigenvalue weighted by molar-refractivity contribution is -0.138. The average molecular weight is 343 g/mol. The molecular formula is C12H25NO8S. The molecule has 0 spiro atoms. The van der Waals surface area contributed by atoms with Crippen LogP contribution in [0.1, 0.15) is 13.3 Å². The Labute approximate surface area is 132 Å². The summed E-state index contributed by atoms with van der Waals surface area (Å²) in [5.41, 5.74) is 5.24. The zero-order valence-electron chi connectivity index (χ0n) is 12.3. The minimum absolute atomic E-state index is 0.0258. The number of carboxylic acids is 1. The van der Waals surface area contributed by atoms with Crippen molar-refractivity contribution in [1.29, 1.82) is 0 Å². The van der Waals surface area contributed by atoms with Crippen molar-refractivity contribution in [2.24, 2.45) is 5.73 Å². The molecule has 0 aliphatic rings. The van der Waals surface area contributed by atoms with Crippen molar-refractivity contribution in [2.45, 2.75) is 43.8 Å². The molecule has 9 nitrogen and oxygen atoms in total. The maximum Gasteiger partial charge on any atom is 0.320 e. The van der Waals surface area contributed by atoms with Crippen LogP contribution in [0, 0.1) is 0 Å². The van der Waals surface area contributed by atoms with Crippen LogP contribution in [0.15, 0.2) is 0 Å². The largest absolute Gasteiger partial charge is 0.480 e. The van der Waals surface area contributed by atoms with Crippen LogP contribution in [0.25, 0.3) is 0 Å². The second-order valence-electron chi connectivity index (χ2n) is 4.29. The van der Waals surface area contributed by atoms with Crippen molar-refractivity contribution < 1.29 is 40.2 Å². The summed E-state index contributed by atoms with van der Waals surface area (Å²) in [4.78, 5) is 20.1. The molecule has 0 aromatic carbocycles. The third kappa shape index (κ3) is 10.9. The molecule has 0 saturated carbocycles. The first kappa shape index (κ1) is 23.5. The Bertz CT molecular complexity index is 307. The molecule has 10 heteroatoms. The highest BCUT2D eigenvalue weighted by Crippen LogP contribution is 2.03. The SMILES string of the molecule is CCSCCC(N)C(=O)O.O=CC(O)C(O)C(O)C(O)CO. The van der Waals surface area contributed by atoms with Gasteiger partial charge >= 0.3 is 5.97 Å². The van der Waals surface area contributed by atoms with E-state index in [4.69, 9.17) is 36.4 Å². The summed E-state index contributed by atoms with van der Waals surface area (Å²) in [5, 5.41) is 51.9. The Morgan fingerprint density at radius 2 is 1.77 bits per heavy atom. The molecule has 0 aliphatic carbocycles. The zero-order chi connectivity index (χ0) is 17.7. The second-order valence-corrected chi connectivity index (χ2v) is 5.68. The van der Waals surface area contributed by atoms with Crippen LogP contribution in [-0.2, 0) is 9.59 Å². The van der Waals surface area contributed by atoms with Crippen LogP contribution in [-0.4, -0.2) is 91.5 Å². The lowest BCUT2D eigenvalue weighted by Crippen LogP contribution is -2.46. The molecule has 0 aromatic rings. The Morgan fingerprint density at radius 3 is 2.14 bits per heavy atom. The minimum Gasteiger partial charge on any atom is -0.480 e. The fraction of sp³-hybridized carbons (Fsp3) is 0.833. The van der Waals surface area contributed by atoms with Gasteiger partial charge in [-0.05, 0) is 17.9 Å². The first-order valence-electron chi connectivity index (χ1n) is 6.57. The average Bonchev–Trinajstić information content (AvgIpc) is 2.52. The summed E-state index contributed by atoms with van der Waals surface area (Å²) in [5.74, 6) is 0.952. The van der Waals surface area contributed by atoms with Crippen LogP contribution in [0.3, 0.4) is 0 Å². The van der Waals surface area contributed by atoms with Gasteiger partial charge in [0, 0.05) is 0 Å². The molecule has 0 amide bonds. The highest BCUT2D eigenvalue weighted by atomic mass is 32.2. The minimum atomic E-state index is -1.79. The molecule has 0 heterocycles. The number of carbonyl (C=O) groups is 2. The van der Waals surface area contributed by atoms with Crippen molar-refractivity contribution in [3.05, 3.63) is 0 Å². The molecule has 0 bridgehead atoms. The van der Waals surface area contributed by atoms with Crippen LogP contribution in [0.4, 0.5) is 0 Å². The third-order valence-electron chi connectivity index (χ3n) is 2.52. The molecule has 22 heavy (non-hydrogen) atoms. The van der Waals surface area contributed by atoms with E-state index in [-0.39, 0.29) is 6.29 Å². The molecule has 0 radical (unpaired) electrons. The Hall–Kier alpha value is -0.750. The van der Waals surface area contributed by atoms with E-state index in [0.29, 0.717) is 6.42 Å². The van der Waals surface area contributed by atoms with Gasteiger partial charge in [-0.25, -0.2) is 0 Å². The van der Waals surface area contributed by atoms with Gasteiger partial charge < -0.3 is 41.2 Å². The number of hydrogen-bond acceptors (Lipinski definition) is 9. The molecule has 0 rings (SSSR count). The number of aliphatic hydroxyl groups is 5. The van der Waals surface area contributed by atoms with E-state index in [1.165, 1.54) is 0 Å². The number of nitrogens with two attached hydrogens (primary N) is 1. The summed E-state index contributed by atoms with van der Waals surface area (Å²) < 4.78 is 0. The van der Waals surface area contributed by atoms with Crippen LogP contribution in [0.5, 0.6) is 0 Å². The predicted octanol–water partition coefficient (Wildman–Crippen LogP) is -2.84. The Morgan fingerprint density at radius 1 is 1.23 bits per heavy atom. The number of rotatable bonds is 10. The lowest BCUT2D eigenvalue weighted by Gasteiger charge is -2.22. The smallest absolute Gasteiger partial charge is 0.320 e. The number of aliphatic carboxylic acids is 1. The molecule has 8 N–H and O–H groups in total. The summed E-state index contributed by atoms with van der Waals surface area (Å²) in [6.07, 6.45) is -6.28. The van der Waals surface area contributed by atoms with Gasteiger partial charge in [0.1, 0.15) is 30.5 Å². The van der Waals surface area contributed by atoms with Gasteiger partial charge in [-0.15, -0.1) is 0 Å². The van der Waals surface area contributed by atoms with Crippen molar-refractivity contribution >= 4 is 24.0 Å². The van der Waals surface area contributed by atoms with E-state index in [9.17, 15) is 9.59 Å². The van der Waals surface area contributed by atoms with Gasteiger partial charge in [0.15, 0.2) is 6.29 Å². The van der Waals surface area contributed by atoms with E-state index < -0.39 is 43.0 Å².